The second-order valence-electron chi connectivity index (χ2n) is 4.13. The quantitative estimate of drug-likeness (QED) is 0.695. The summed E-state index contributed by atoms with van der Waals surface area (Å²) in [6.07, 6.45) is -4.16. The third-order valence-corrected chi connectivity index (χ3v) is 2.90. The first-order chi connectivity index (χ1) is 7.83. The van der Waals surface area contributed by atoms with Gasteiger partial charge in [0, 0.05) is 26.2 Å². The van der Waals surface area contributed by atoms with Gasteiger partial charge < -0.3 is 4.74 Å². The molecule has 0 bridgehead atoms. The Morgan fingerprint density at radius 1 is 1.29 bits per heavy atom. The van der Waals surface area contributed by atoms with Gasteiger partial charge in [-0.05, 0) is 6.92 Å². The van der Waals surface area contributed by atoms with Crippen LogP contribution in [0.2, 0.25) is 0 Å². The molecule has 1 saturated heterocycles. The summed E-state index contributed by atoms with van der Waals surface area (Å²) in [4.78, 5) is 14.4. The monoisotopic (exact) mass is 254 g/mol. The van der Waals surface area contributed by atoms with Gasteiger partial charge in [0.15, 0.2) is 0 Å². The van der Waals surface area contributed by atoms with Gasteiger partial charge in [-0.15, -0.1) is 0 Å². The minimum atomic E-state index is -4.16. The Labute approximate surface area is 98.3 Å². The highest BCUT2D eigenvalue weighted by Gasteiger charge is 2.33. The highest BCUT2D eigenvalue weighted by Crippen LogP contribution is 2.18. The lowest BCUT2D eigenvalue weighted by Gasteiger charge is -2.37. The molecule has 1 heterocycles. The zero-order valence-electron chi connectivity index (χ0n) is 9.96. The number of alkyl halides is 3. The van der Waals surface area contributed by atoms with Crippen LogP contribution in [0.3, 0.4) is 0 Å². The van der Waals surface area contributed by atoms with Crippen LogP contribution in [0.25, 0.3) is 0 Å². The lowest BCUT2D eigenvalue weighted by atomic mass is 10.2. The van der Waals surface area contributed by atoms with E-state index < -0.39 is 18.8 Å². The van der Waals surface area contributed by atoms with E-state index >= 15 is 0 Å². The molecule has 0 aromatic heterocycles. The molecule has 1 rings (SSSR count). The first-order valence-electron chi connectivity index (χ1n) is 5.44. The summed E-state index contributed by atoms with van der Waals surface area (Å²) in [6, 6.07) is -0.395. The number of piperazine rings is 1. The average Bonchev–Trinajstić information content (AvgIpc) is 2.26. The fraction of sp³-hybridized carbons (Fsp3) is 0.900. The minimum absolute atomic E-state index is 0.320. The number of methoxy groups -OCH3 is 1. The third-order valence-electron chi connectivity index (χ3n) is 2.90. The van der Waals surface area contributed by atoms with E-state index in [0.29, 0.717) is 26.2 Å². The summed E-state index contributed by atoms with van der Waals surface area (Å²) in [5, 5.41) is 0. The van der Waals surface area contributed by atoms with Crippen molar-refractivity contribution in [1.82, 2.24) is 9.80 Å². The van der Waals surface area contributed by atoms with Gasteiger partial charge in [0.2, 0.25) is 0 Å². The standard InChI is InChI=1S/C10H17F3N2O2/c1-8(9(16)17-2)15-5-3-14(4-6-15)7-10(11,12)13/h8H,3-7H2,1-2H3. The largest absolute Gasteiger partial charge is 0.468 e. The molecule has 1 aliphatic heterocycles. The number of ether oxygens (including phenoxy) is 1. The molecular weight excluding hydrogens is 237 g/mol. The summed E-state index contributed by atoms with van der Waals surface area (Å²) >= 11 is 0. The average molecular weight is 254 g/mol. The maximum Gasteiger partial charge on any atom is 0.401 e. The predicted molar refractivity (Wildman–Crippen MR) is 55.5 cm³/mol. The highest BCUT2D eigenvalue weighted by molar-refractivity contribution is 5.75. The Bertz CT molecular complexity index is 263. The van der Waals surface area contributed by atoms with Crippen molar-refractivity contribution >= 4 is 5.97 Å². The molecule has 1 fully saturated rings. The number of rotatable bonds is 3. The van der Waals surface area contributed by atoms with Gasteiger partial charge in [-0.25, -0.2) is 0 Å². The lowest BCUT2D eigenvalue weighted by molar-refractivity contribution is -0.155. The molecule has 0 spiro atoms. The number of halogens is 3. The van der Waals surface area contributed by atoms with Crippen molar-refractivity contribution in [2.75, 3.05) is 39.8 Å². The number of nitrogens with zero attached hydrogens (tertiary/aromatic N) is 2. The summed E-state index contributed by atoms with van der Waals surface area (Å²) in [5.74, 6) is -0.353. The molecule has 0 aromatic rings. The van der Waals surface area contributed by atoms with Gasteiger partial charge in [0.25, 0.3) is 0 Å². The number of esters is 1. The van der Waals surface area contributed by atoms with Crippen LogP contribution in [0.4, 0.5) is 13.2 Å². The van der Waals surface area contributed by atoms with E-state index in [1.54, 1.807) is 6.92 Å². The molecule has 1 aliphatic rings. The number of hydrogen-bond acceptors (Lipinski definition) is 4. The van der Waals surface area contributed by atoms with Crippen LogP contribution in [0, 0.1) is 0 Å². The van der Waals surface area contributed by atoms with Crippen molar-refractivity contribution in [3.05, 3.63) is 0 Å². The molecule has 7 heteroatoms. The van der Waals surface area contributed by atoms with E-state index in [-0.39, 0.29) is 5.97 Å². The van der Waals surface area contributed by atoms with Crippen LogP contribution in [0.15, 0.2) is 0 Å². The Morgan fingerprint density at radius 2 is 1.82 bits per heavy atom. The summed E-state index contributed by atoms with van der Waals surface area (Å²) in [5.41, 5.74) is 0. The van der Waals surface area contributed by atoms with Gasteiger partial charge in [-0.1, -0.05) is 0 Å². The van der Waals surface area contributed by atoms with Crippen LogP contribution in [0.5, 0.6) is 0 Å². The Morgan fingerprint density at radius 3 is 2.24 bits per heavy atom. The number of carbonyl (C=O) groups excluding carboxylic acids is 1. The molecule has 0 amide bonds. The van der Waals surface area contributed by atoms with Crippen molar-refractivity contribution in [1.29, 1.82) is 0 Å². The van der Waals surface area contributed by atoms with E-state index in [4.69, 9.17) is 0 Å². The third kappa shape index (κ3) is 4.51. The Balaban J connectivity index is 2.38. The molecule has 0 aromatic carbocycles. The van der Waals surface area contributed by atoms with Crippen molar-refractivity contribution in [3.63, 3.8) is 0 Å². The van der Waals surface area contributed by atoms with Gasteiger partial charge in [-0.3, -0.25) is 14.6 Å². The zero-order chi connectivity index (χ0) is 13.1. The fourth-order valence-corrected chi connectivity index (χ4v) is 1.88. The second-order valence-corrected chi connectivity index (χ2v) is 4.13. The van der Waals surface area contributed by atoms with Crippen molar-refractivity contribution in [2.45, 2.75) is 19.1 Å². The van der Waals surface area contributed by atoms with Gasteiger partial charge >= 0.3 is 12.1 Å². The van der Waals surface area contributed by atoms with Gasteiger partial charge in [0.05, 0.1) is 13.7 Å². The van der Waals surface area contributed by atoms with Crippen LogP contribution in [0.1, 0.15) is 6.92 Å². The first-order valence-corrected chi connectivity index (χ1v) is 5.44. The molecule has 0 aliphatic carbocycles. The fourth-order valence-electron chi connectivity index (χ4n) is 1.88. The predicted octanol–water partition coefficient (Wildman–Crippen LogP) is 0.728. The van der Waals surface area contributed by atoms with Crippen LogP contribution >= 0.6 is 0 Å². The van der Waals surface area contributed by atoms with Crippen LogP contribution in [-0.2, 0) is 9.53 Å². The Kier molecular flexibility index (Phi) is 4.76. The number of carbonyl (C=O) groups is 1. The molecule has 1 unspecified atom stereocenters. The molecular formula is C10H17F3N2O2. The first kappa shape index (κ1) is 14.2. The van der Waals surface area contributed by atoms with Gasteiger partial charge in [-0.2, -0.15) is 13.2 Å². The van der Waals surface area contributed by atoms with E-state index in [1.165, 1.54) is 12.0 Å². The molecule has 4 nitrogen and oxygen atoms in total. The van der Waals surface area contributed by atoms with E-state index in [2.05, 4.69) is 4.74 Å². The molecule has 1 atom stereocenters. The smallest absolute Gasteiger partial charge is 0.401 e. The zero-order valence-corrected chi connectivity index (χ0v) is 9.96. The topological polar surface area (TPSA) is 32.8 Å². The van der Waals surface area contributed by atoms with E-state index in [1.807, 2.05) is 4.90 Å². The van der Waals surface area contributed by atoms with Crippen molar-refractivity contribution in [3.8, 4) is 0 Å². The molecule has 17 heavy (non-hydrogen) atoms. The molecule has 100 valence electrons. The summed E-state index contributed by atoms with van der Waals surface area (Å²) in [6.45, 7) is 2.36. The Hall–Kier alpha value is -0.820. The van der Waals surface area contributed by atoms with Gasteiger partial charge in [0.1, 0.15) is 6.04 Å². The lowest BCUT2D eigenvalue weighted by Crippen LogP contribution is -2.53. The molecule has 0 N–H and O–H groups in total. The summed E-state index contributed by atoms with van der Waals surface area (Å²) in [7, 11) is 1.30. The highest BCUT2D eigenvalue weighted by atomic mass is 19.4. The maximum atomic E-state index is 12.1. The van der Waals surface area contributed by atoms with E-state index in [9.17, 15) is 18.0 Å². The van der Waals surface area contributed by atoms with Crippen molar-refractivity contribution < 1.29 is 22.7 Å². The van der Waals surface area contributed by atoms with Crippen LogP contribution in [-0.4, -0.2) is 67.8 Å². The number of hydrogen-bond donors (Lipinski definition) is 0. The van der Waals surface area contributed by atoms with Crippen LogP contribution < -0.4 is 0 Å². The maximum absolute atomic E-state index is 12.1. The molecule has 0 saturated carbocycles. The molecule has 0 radical (unpaired) electrons. The SMILES string of the molecule is COC(=O)C(C)N1CCN(CC(F)(F)F)CC1. The second kappa shape index (κ2) is 5.68. The van der Waals surface area contributed by atoms with Crippen molar-refractivity contribution in [2.24, 2.45) is 0 Å². The normalized spacial score (nSPS) is 21.2. The summed E-state index contributed by atoms with van der Waals surface area (Å²) < 4.78 is 41.0. The van der Waals surface area contributed by atoms with E-state index in [0.717, 1.165) is 0 Å². The minimum Gasteiger partial charge on any atom is -0.468 e.